The second-order valence-corrected chi connectivity index (χ2v) is 5.65. The van der Waals surface area contributed by atoms with E-state index in [1.165, 1.54) is 44.9 Å². The van der Waals surface area contributed by atoms with E-state index in [-0.39, 0.29) is 0 Å². The highest BCUT2D eigenvalue weighted by Gasteiger charge is 2.06. The van der Waals surface area contributed by atoms with Gasteiger partial charge < -0.3 is 15.4 Å². The fourth-order valence-corrected chi connectivity index (χ4v) is 2.29. The lowest BCUT2D eigenvalue weighted by molar-refractivity contribution is 0.281. The molecule has 0 aliphatic carbocycles. The number of nitrogens with one attached hydrogen (secondary N) is 2. The Kier molecular flexibility index (Phi) is 10.9. The molecule has 1 rings (SSSR count). The molecule has 0 unspecified atom stereocenters. The largest absolute Gasteiger partial charge is 0.463 e. The molecule has 0 bridgehead atoms. The molecule has 0 radical (unpaired) electrons. The van der Waals surface area contributed by atoms with Crippen LogP contribution in [0.3, 0.4) is 0 Å². The van der Waals surface area contributed by atoms with E-state index in [1.807, 2.05) is 13.8 Å². The number of rotatable bonds is 14. The number of aromatic nitrogens is 3. The standard InChI is InChI=1S/C17H33N5O/c1-4-7-8-9-10-11-12-13-14-23-17-21-15(18-5-2)20-16(22-17)19-6-3/h4-14H2,1-3H3,(H2,18,19,20,21,22). The van der Waals surface area contributed by atoms with E-state index >= 15 is 0 Å². The summed E-state index contributed by atoms with van der Waals surface area (Å²) in [5, 5.41) is 6.20. The van der Waals surface area contributed by atoms with Crippen LogP contribution < -0.4 is 15.4 Å². The van der Waals surface area contributed by atoms with Gasteiger partial charge in [-0.25, -0.2) is 0 Å². The fourth-order valence-electron chi connectivity index (χ4n) is 2.29. The molecule has 0 aromatic carbocycles. The molecule has 2 N–H and O–H groups in total. The maximum absolute atomic E-state index is 5.68. The molecule has 23 heavy (non-hydrogen) atoms. The summed E-state index contributed by atoms with van der Waals surface area (Å²) >= 11 is 0. The molecule has 1 heterocycles. The van der Waals surface area contributed by atoms with Gasteiger partial charge in [0.25, 0.3) is 0 Å². The first kappa shape index (κ1) is 19.5. The minimum absolute atomic E-state index is 0.398. The summed E-state index contributed by atoms with van der Waals surface area (Å²) in [5.74, 6) is 1.12. The highest BCUT2D eigenvalue weighted by atomic mass is 16.5. The van der Waals surface area contributed by atoms with Crippen LogP contribution in [0.5, 0.6) is 6.01 Å². The zero-order valence-corrected chi connectivity index (χ0v) is 15.0. The van der Waals surface area contributed by atoms with Crippen molar-refractivity contribution in [2.24, 2.45) is 0 Å². The van der Waals surface area contributed by atoms with Crippen molar-refractivity contribution in [1.82, 2.24) is 15.0 Å². The number of ether oxygens (including phenoxy) is 1. The molecule has 6 heteroatoms. The van der Waals surface area contributed by atoms with Gasteiger partial charge in [-0.15, -0.1) is 0 Å². The van der Waals surface area contributed by atoms with Crippen LogP contribution in [0.15, 0.2) is 0 Å². The molecule has 0 amide bonds. The van der Waals surface area contributed by atoms with Crippen molar-refractivity contribution in [3.63, 3.8) is 0 Å². The van der Waals surface area contributed by atoms with Crippen LogP contribution in [0.4, 0.5) is 11.9 Å². The molecule has 0 aliphatic rings. The second kappa shape index (κ2) is 12.9. The van der Waals surface area contributed by atoms with E-state index in [0.717, 1.165) is 19.5 Å². The Balaban J connectivity index is 2.25. The lowest BCUT2D eigenvalue weighted by Gasteiger charge is -2.09. The summed E-state index contributed by atoms with van der Waals surface area (Å²) in [5.41, 5.74) is 0. The summed E-state index contributed by atoms with van der Waals surface area (Å²) in [6.07, 6.45) is 10.3. The van der Waals surface area contributed by atoms with Gasteiger partial charge in [0, 0.05) is 13.1 Å². The van der Waals surface area contributed by atoms with E-state index in [9.17, 15) is 0 Å². The second-order valence-electron chi connectivity index (χ2n) is 5.65. The van der Waals surface area contributed by atoms with E-state index < -0.39 is 0 Å². The van der Waals surface area contributed by atoms with E-state index in [0.29, 0.717) is 24.5 Å². The average Bonchev–Trinajstić information content (AvgIpc) is 2.54. The van der Waals surface area contributed by atoms with Crippen LogP contribution in [-0.4, -0.2) is 34.6 Å². The molecule has 1 aromatic rings. The van der Waals surface area contributed by atoms with Crippen LogP contribution in [-0.2, 0) is 0 Å². The van der Waals surface area contributed by atoms with Gasteiger partial charge in [-0.3, -0.25) is 0 Å². The summed E-state index contributed by atoms with van der Waals surface area (Å²) in [6, 6.07) is 0.398. The van der Waals surface area contributed by atoms with Crippen LogP contribution in [0.2, 0.25) is 0 Å². The first-order valence-electron chi connectivity index (χ1n) is 9.16. The molecule has 6 nitrogen and oxygen atoms in total. The zero-order valence-electron chi connectivity index (χ0n) is 15.0. The first-order chi connectivity index (χ1) is 11.3. The Morgan fingerprint density at radius 2 is 1.22 bits per heavy atom. The minimum atomic E-state index is 0.398. The molecule has 0 fully saturated rings. The fraction of sp³-hybridized carbons (Fsp3) is 0.824. The molecule has 0 aliphatic heterocycles. The van der Waals surface area contributed by atoms with Crippen molar-refractivity contribution in [1.29, 1.82) is 0 Å². The van der Waals surface area contributed by atoms with Gasteiger partial charge in [-0.2, -0.15) is 15.0 Å². The molecule has 0 saturated carbocycles. The number of hydrogen-bond acceptors (Lipinski definition) is 6. The van der Waals surface area contributed by atoms with Crippen molar-refractivity contribution >= 4 is 11.9 Å². The molecule has 132 valence electrons. The SMILES string of the molecule is CCCCCCCCCCOc1nc(NCC)nc(NCC)n1. The van der Waals surface area contributed by atoms with Gasteiger partial charge >= 0.3 is 6.01 Å². The number of anilines is 2. The highest BCUT2D eigenvalue weighted by Crippen LogP contribution is 2.12. The predicted molar refractivity (Wildman–Crippen MR) is 96.3 cm³/mol. The smallest absolute Gasteiger partial charge is 0.323 e. The number of unbranched alkanes of at least 4 members (excludes halogenated alkanes) is 7. The Labute approximate surface area is 140 Å². The van der Waals surface area contributed by atoms with Gasteiger partial charge in [0.05, 0.1) is 6.61 Å². The van der Waals surface area contributed by atoms with Crippen molar-refractivity contribution in [3.05, 3.63) is 0 Å². The summed E-state index contributed by atoms with van der Waals surface area (Å²) in [7, 11) is 0. The average molecular weight is 323 g/mol. The van der Waals surface area contributed by atoms with Gasteiger partial charge in [-0.05, 0) is 20.3 Å². The van der Waals surface area contributed by atoms with Crippen molar-refractivity contribution < 1.29 is 4.74 Å². The van der Waals surface area contributed by atoms with Crippen LogP contribution in [0.25, 0.3) is 0 Å². The maximum Gasteiger partial charge on any atom is 0.323 e. The van der Waals surface area contributed by atoms with Crippen molar-refractivity contribution in [2.45, 2.75) is 72.1 Å². The lowest BCUT2D eigenvalue weighted by Crippen LogP contribution is -2.11. The third-order valence-corrected chi connectivity index (χ3v) is 3.51. The monoisotopic (exact) mass is 323 g/mol. The number of nitrogens with zero attached hydrogens (tertiary/aromatic N) is 3. The molecular formula is C17H33N5O. The Bertz CT molecular complexity index is 390. The Morgan fingerprint density at radius 1 is 0.696 bits per heavy atom. The molecule has 0 atom stereocenters. The van der Waals surface area contributed by atoms with E-state index in [2.05, 4.69) is 32.5 Å². The lowest BCUT2D eigenvalue weighted by atomic mass is 10.1. The normalized spacial score (nSPS) is 10.6. The molecular weight excluding hydrogens is 290 g/mol. The molecule has 0 saturated heterocycles. The Hall–Kier alpha value is -1.59. The third-order valence-electron chi connectivity index (χ3n) is 3.51. The van der Waals surface area contributed by atoms with Crippen molar-refractivity contribution in [2.75, 3.05) is 30.3 Å². The summed E-state index contributed by atoms with van der Waals surface area (Å²) < 4.78 is 5.68. The van der Waals surface area contributed by atoms with Gasteiger partial charge in [0.2, 0.25) is 11.9 Å². The van der Waals surface area contributed by atoms with E-state index in [4.69, 9.17) is 4.74 Å². The Morgan fingerprint density at radius 3 is 1.74 bits per heavy atom. The summed E-state index contributed by atoms with van der Waals surface area (Å²) in [6.45, 7) is 8.48. The minimum Gasteiger partial charge on any atom is -0.463 e. The molecule has 1 aromatic heterocycles. The number of hydrogen-bond donors (Lipinski definition) is 2. The maximum atomic E-state index is 5.68. The van der Waals surface area contributed by atoms with E-state index in [1.54, 1.807) is 0 Å². The topological polar surface area (TPSA) is 72.0 Å². The summed E-state index contributed by atoms with van der Waals surface area (Å²) in [4.78, 5) is 12.8. The third kappa shape index (κ3) is 9.21. The zero-order chi connectivity index (χ0) is 16.8. The van der Waals surface area contributed by atoms with Gasteiger partial charge in [0.15, 0.2) is 0 Å². The van der Waals surface area contributed by atoms with Crippen LogP contribution in [0, 0.1) is 0 Å². The quantitative estimate of drug-likeness (QED) is 0.499. The van der Waals surface area contributed by atoms with Gasteiger partial charge in [0.1, 0.15) is 0 Å². The van der Waals surface area contributed by atoms with Crippen LogP contribution >= 0.6 is 0 Å². The first-order valence-corrected chi connectivity index (χ1v) is 9.16. The highest BCUT2D eigenvalue weighted by molar-refractivity contribution is 5.35. The van der Waals surface area contributed by atoms with Crippen LogP contribution in [0.1, 0.15) is 72.1 Å². The molecule has 0 spiro atoms. The predicted octanol–water partition coefficient (Wildman–Crippen LogP) is 4.25. The van der Waals surface area contributed by atoms with Gasteiger partial charge in [-0.1, -0.05) is 51.9 Å². The van der Waals surface area contributed by atoms with Crippen molar-refractivity contribution in [3.8, 4) is 6.01 Å².